The van der Waals surface area contributed by atoms with Gasteiger partial charge in [-0.25, -0.2) is 0 Å². The standard InChI is InChI=1S/C27H23N5O5S/c1-36-16-24(33)29-17-9-11-18(12-10-17)31-26(25(30-27(31)38)20-7-4-5-15-28-20)23-14-13-22(37-23)19-6-2-3-8-21(19)32(34)35/h2-15,25-26H,16H2,1H3,(H,29,33)(H,30,38)/t25-,26+/m1/s1. The molecule has 11 heteroatoms. The first-order valence-corrected chi connectivity index (χ1v) is 12.1. The van der Waals surface area contributed by atoms with Crippen LogP contribution in [0.5, 0.6) is 0 Å². The van der Waals surface area contributed by atoms with Gasteiger partial charge in [0.25, 0.3) is 5.69 Å². The molecule has 0 aliphatic carbocycles. The quantitative estimate of drug-likeness (QED) is 0.184. The number of ether oxygens (including phenoxy) is 1. The Morgan fingerprint density at radius 3 is 2.61 bits per heavy atom. The number of carbonyl (C=O) groups excluding carboxylic acids is 1. The number of nitro benzene ring substituents is 1. The zero-order chi connectivity index (χ0) is 26.6. The number of nitrogens with zero attached hydrogens (tertiary/aromatic N) is 3. The van der Waals surface area contributed by atoms with Gasteiger partial charge in [0.1, 0.15) is 24.2 Å². The maximum atomic E-state index is 11.9. The van der Waals surface area contributed by atoms with Gasteiger partial charge in [0.2, 0.25) is 5.91 Å². The molecule has 10 nitrogen and oxygen atoms in total. The second-order valence-corrected chi connectivity index (χ2v) is 8.89. The molecule has 2 aromatic heterocycles. The number of hydrogen-bond donors (Lipinski definition) is 2. The maximum absolute atomic E-state index is 11.9. The van der Waals surface area contributed by atoms with Crippen molar-refractivity contribution in [1.82, 2.24) is 10.3 Å². The molecule has 1 amide bonds. The molecule has 3 heterocycles. The molecule has 1 aliphatic rings. The number of thiocarbonyl (C=S) groups is 1. The topological polar surface area (TPSA) is 123 Å². The third-order valence-electron chi connectivity index (χ3n) is 6.09. The number of carbonyl (C=O) groups is 1. The molecule has 2 atom stereocenters. The zero-order valence-corrected chi connectivity index (χ0v) is 21.1. The number of furan rings is 1. The highest BCUT2D eigenvalue weighted by Crippen LogP contribution is 2.43. The van der Waals surface area contributed by atoms with E-state index >= 15 is 0 Å². The van der Waals surface area contributed by atoms with Crippen molar-refractivity contribution >= 4 is 40.3 Å². The van der Waals surface area contributed by atoms with Crippen molar-refractivity contribution in [2.75, 3.05) is 23.9 Å². The summed E-state index contributed by atoms with van der Waals surface area (Å²) in [7, 11) is 1.46. The first kappa shape index (κ1) is 25.1. The van der Waals surface area contributed by atoms with Gasteiger partial charge in [-0.05, 0) is 66.8 Å². The van der Waals surface area contributed by atoms with Gasteiger partial charge in [-0.15, -0.1) is 0 Å². The average molecular weight is 530 g/mol. The molecule has 4 aromatic rings. The van der Waals surface area contributed by atoms with Crippen LogP contribution in [0.2, 0.25) is 0 Å². The number of amides is 1. The largest absolute Gasteiger partial charge is 0.459 e. The second kappa shape index (κ2) is 10.8. The van der Waals surface area contributed by atoms with Gasteiger partial charge in [0.05, 0.1) is 22.2 Å². The molecule has 0 saturated carbocycles. The van der Waals surface area contributed by atoms with Crippen LogP contribution in [0, 0.1) is 10.1 Å². The van der Waals surface area contributed by atoms with Gasteiger partial charge in [0.15, 0.2) is 5.11 Å². The monoisotopic (exact) mass is 529 g/mol. The number of para-hydroxylation sites is 1. The number of rotatable bonds is 8. The van der Waals surface area contributed by atoms with Crippen LogP contribution >= 0.6 is 12.2 Å². The Kier molecular flexibility index (Phi) is 7.11. The number of pyridine rings is 1. The highest BCUT2D eigenvalue weighted by Gasteiger charge is 2.42. The Morgan fingerprint density at radius 2 is 1.89 bits per heavy atom. The summed E-state index contributed by atoms with van der Waals surface area (Å²) in [5, 5.41) is 18.2. The minimum atomic E-state index is -0.442. The number of benzene rings is 2. The first-order chi connectivity index (χ1) is 18.5. The molecule has 0 radical (unpaired) electrons. The fraction of sp³-hybridized carbons (Fsp3) is 0.148. The van der Waals surface area contributed by atoms with Gasteiger partial charge in [0, 0.05) is 30.7 Å². The summed E-state index contributed by atoms with van der Waals surface area (Å²) in [6, 6.07) is 22.0. The zero-order valence-electron chi connectivity index (χ0n) is 20.2. The van der Waals surface area contributed by atoms with E-state index in [1.807, 2.05) is 35.2 Å². The Labute approximate surface area is 223 Å². The number of hydrogen-bond acceptors (Lipinski definition) is 7. The fourth-order valence-corrected chi connectivity index (χ4v) is 4.80. The molecular formula is C27H23N5O5S. The van der Waals surface area contributed by atoms with E-state index in [-0.39, 0.29) is 24.2 Å². The van der Waals surface area contributed by atoms with E-state index in [0.717, 1.165) is 11.4 Å². The molecule has 2 N–H and O–H groups in total. The normalized spacial score (nSPS) is 16.8. The van der Waals surface area contributed by atoms with Crippen molar-refractivity contribution in [3.05, 3.63) is 107 Å². The van der Waals surface area contributed by atoms with Crippen LogP contribution in [0.4, 0.5) is 17.1 Å². The molecule has 2 aromatic carbocycles. The van der Waals surface area contributed by atoms with E-state index in [1.165, 1.54) is 13.2 Å². The molecule has 0 spiro atoms. The molecule has 1 saturated heterocycles. The lowest BCUT2D eigenvalue weighted by Gasteiger charge is -2.26. The van der Waals surface area contributed by atoms with Gasteiger partial charge in [-0.1, -0.05) is 18.2 Å². The van der Waals surface area contributed by atoms with Crippen LogP contribution in [-0.2, 0) is 9.53 Å². The predicted octanol–water partition coefficient (Wildman–Crippen LogP) is 5.01. The SMILES string of the molecule is COCC(=O)Nc1ccc(N2C(=S)N[C@H](c3ccccn3)[C@@H]2c2ccc(-c3ccccc3[N+](=O)[O-])o2)cc1. The van der Waals surface area contributed by atoms with E-state index < -0.39 is 11.0 Å². The van der Waals surface area contributed by atoms with Crippen LogP contribution < -0.4 is 15.5 Å². The number of nitro groups is 1. The van der Waals surface area contributed by atoms with E-state index in [2.05, 4.69) is 15.6 Å². The first-order valence-electron chi connectivity index (χ1n) is 11.7. The summed E-state index contributed by atoms with van der Waals surface area (Å²) in [6.45, 7) is -0.0455. The molecule has 5 rings (SSSR count). The Hall–Kier alpha value is -4.61. The summed E-state index contributed by atoms with van der Waals surface area (Å²) in [6.07, 6.45) is 1.71. The molecule has 1 aliphatic heterocycles. The number of aromatic nitrogens is 1. The van der Waals surface area contributed by atoms with Crippen molar-refractivity contribution in [1.29, 1.82) is 0 Å². The number of nitrogens with one attached hydrogen (secondary N) is 2. The van der Waals surface area contributed by atoms with Gasteiger partial charge in [-0.2, -0.15) is 0 Å². The van der Waals surface area contributed by atoms with Gasteiger partial charge in [-0.3, -0.25) is 19.9 Å². The minimum Gasteiger partial charge on any atom is -0.459 e. The van der Waals surface area contributed by atoms with E-state index in [0.29, 0.717) is 27.9 Å². The van der Waals surface area contributed by atoms with Crippen molar-refractivity contribution < 1.29 is 18.9 Å². The molecule has 38 heavy (non-hydrogen) atoms. The van der Waals surface area contributed by atoms with Crippen molar-refractivity contribution in [2.24, 2.45) is 0 Å². The number of methoxy groups -OCH3 is 1. The van der Waals surface area contributed by atoms with Crippen molar-refractivity contribution in [3.63, 3.8) is 0 Å². The molecule has 0 unspecified atom stereocenters. The summed E-state index contributed by atoms with van der Waals surface area (Å²) >= 11 is 5.74. The summed E-state index contributed by atoms with van der Waals surface area (Å²) in [4.78, 5) is 29.5. The van der Waals surface area contributed by atoms with Gasteiger partial charge < -0.3 is 24.7 Å². The summed E-state index contributed by atoms with van der Waals surface area (Å²) in [5.41, 5.74) is 2.48. The lowest BCUT2D eigenvalue weighted by atomic mass is 10.0. The highest BCUT2D eigenvalue weighted by atomic mass is 32.1. The van der Waals surface area contributed by atoms with E-state index in [4.69, 9.17) is 21.4 Å². The second-order valence-electron chi connectivity index (χ2n) is 8.50. The van der Waals surface area contributed by atoms with Crippen molar-refractivity contribution in [2.45, 2.75) is 12.1 Å². The lowest BCUT2D eigenvalue weighted by molar-refractivity contribution is -0.384. The van der Waals surface area contributed by atoms with E-state index in [1.54, 1.807) is 48.7 Å². The maximum Gasteiger partial charge on any atom is 0.280 e. The smallest absolute Gasteiger partial charge is 0.280 e. The molecule has 0 bridgehead atoms. The molecule has 192 valence electrons. The van der Waals surface area contributed by atoms with Crippen LogP contribution in [0.3, 0.4) is 0 Å². The number of anilines is 2. The molecular weight excluding hydrogens is 506 g/mol. The lowest BCUT2D eigenvalue weighted by Crippen LogP contribution is -2.29. The van der Waals surface area contributed by atoms with Crippen LogP contribution in [0.15, 0.2) is 89.5 Å². The Balaban J connectivity index is 1.53. The highest BCUT2D eigenvalue weighted by molar-refractivity contribution is 7.80. The van der Waals surface area contributed by atoms with Crippen LogP contribution in [-0.4, -0.2) is 34.6 Å². The van der Waals surface area contributed by atoms with Gasteiger partial charge >= 0.3 is 0 Å². The third kappa shape index (κ3) is 4.97. The Bertz CT molecular complexity index is 1470. The van der Waals surface area contributed by atoms with Crippen LogP contribution in [0.25, 0.3) is 11.3 Å². The predicted molar refractivity (Wildman–Crippen MR) is 146 cm³/mol. The van der Waals surface area contributed by atoms with Crippen LogP contribution in [0.1, 0.15) is 23.5 Å². The van der Waals surface area contributed by atoms with Crippen molar-refractivity contribution in [3.8, 4) is 11.3 Å². The summed E-state index contributed by atoms with van der Waals surface area (Å²) in [5.74, 6) is 0.671. The minimum absolute atomic E-state index is 0.0438. The summed E-state index contributed by atoms with van der Waals surface area (Å²) < 4.78 is 11.1. The van der Waals surface area contributed by atoms with E-state index in [9.17, 15) is 14.9 Å². The molecule has 1 fully saturated rings. The Morgan fingerprint density at radius 1 is 1.13 bits per heavy atom. The fourth-order valence-electron chi connectivity index (χ4n) is 4.45. The third-order valence-corrected chi connectivity index (χ3v) is 6.40. The average Bonchev–Trinajstić information content (AvgIpc) is 3.54.